The number of nitrogens with one attached hydrogen (secondary N) is 1. The lowest BCUT2D eigenvalue weighted by Gasteiger charge is -2.19. The first-order valence-corrected chi connectivity index (χ1v) is 7.01. The highest BCUT2D eigenvalue weighted by atomic mass is 35.5. The van der Waals surface area contributed by atoms with E-state index in [4.69, 9.17) is 16.9 Å². The fraction of sp³-hybridized carbons (Fsp3) is 0.312. The molecule has 108 valence electrons. The van der Waals surface area contributed by atoms with Crippen LogP contribution in [0.3, 0.4) is 0 Å². The van der Waals surface area contributed by atoms with Crippen molar-refractivity contribution in [2.75, 3.05) is 5.32 Å². The molecule has 0 aliphatic heterocycles. The molecule has 0 bridgehead atoms. The number of benzene rings is 1. The molecule has 0 amide bonds. The molecule has 0 fully saturated rings. The molecule has 0 aliphatic rings. The quantitative estimate of drug-likeness (QED) is 0.837. The van der Waals surface area contributed by atoms with Gasteiger partial charge in [-0.1, -0.05) is 32.4 Å². The number of halogens is 1. The zero-order chi connectivity index (χ0) is 15.6. The van der Waals surface area contributed by atoms with E-state index in [1.807, 2.05) is 39.8 Å². The molecule has 0 spiro atoms. The molecule has 1 heterocycles. The summed E-state index contributed by atoms with van der Waals surface area (Å²) in [5.41, 5.74) is 2.09. The van der Waals surface area contributed by atoms with Crippen LogP contribution < -0.4 is 5.32 Å². The molecule has 1 aromatic heterocycles. The van der Waals surface area contributed by atoms with Crippen LogP contribution in [0.25, 0.3) is 0 Å². The largest absolute Gasteiger partial charge is 0.340 e. The Hall–Kier alpha value is -2.12. The predicted molar refractivity (Wildman–Crippen MR) is 84.9 cm³/mol. The average Bonchev–Trinajstić information content (AvgIpc) is 2.43. The first kappa shape index (κ1) is 15.3. The second-order valence-corrected chi connectivity index (χ2v) is 6.23. The fourth-order valence-corrected chi connectivity index (χ4v) is 1.88. The van der Waals surface area contributed by atoms with Crippen molar-refractivity contribution in [2.24, 2.45) is 0 Å². The Morgan fingerprint density at radius 2 is 1.76 bits per heavy atom. The maximum atomic E-state index is 8.82. The van der Waals surface area contributed by atoms with E-state index in [2.05, 4.69) is 21.4 Å². The van der Waals surface area contributed by atoms with Crippen molar-refractivity contribution in [3.05, 3.63) is 46.4 Å². The smallest absolute Gasteiger partial charge is 0.138 e. The summed E-state index contributed by atoms with van der Waals surface area (Å²) in [7, 11) is 0. The summed E-state index contributed by atoms with van der Waals surface area (Å²) in [5.74, 6) is 1.37. The van der Waals surface area contributed by atoms with Crippen molar-refractivity contribution in [1.82, 2.24) is 9.97 Å². The summed E-state index contributed by atoms with van der Waals surface area (Å²) in [6, 6.07) is 9.28. The van der Waals surface area contributed by atoms with Gasteiger partial charge in [-0.05, 0) is 31.2 Å². The molecular weight excluding hydrogens is 284 g/mol. The minimum absolute atomic E-state index is 0.182. The molecular formula is C16H17ClN4. The minimum atomic E-state index is -0.182. The third kappa shape index (κ3) is 3.50. The van der Waals surface area contributed by atoms with E-state index in [1.54, 1.807) is 12.1 Å². The van der Waals surface area contributed by atoms with Crippen LogP contribution >= 0.6 is 11.6 Å². The van der Waals surface area contributed by atoms with E-state index in [0.29, 0.717) is 22.4 Å². The van der Waals surface area contributed by atoms with Crippen LogP contribution in [0.2, 0.25) is 5.15 Å². The van der Waals surface area contributed by atoms with Gasteiger partial charge in [0.05, 0.1) is 11.6 Å². The number of rotatable bonds is 2. The van der Waals surface area contributed by atoms with Crippen LogP contribution in [0.4, 0.5) is 11.5 Å². The monoisotopic (exact) mass is 300 g/mol. The fourth-order valence-electron chi connectivity index (χ4n) is 1.71. The number of hydrogen-bond donors (Lipinski definition) is 1. The third-order valence-corrected chi connectivity index (χ3v) is 3.40. The normalized spacial score (nSPS) is 11.0. The van der Waals surface area contributed by atoms with Gasteiger partial charge >= 0.3 is 0 Å². The van der Waals surface area contributed by atoms with Gasteiger partial charge in [-0.25, -0.2) is 9.97 Å². The molecule has 0 unspecified atom stereocenters. The van der Waals surface area contributed by atoms with Gasteiger partial charge in [-0.2, -0.15) is 5.26 Å². The maximum Gasteiger partial charge on any atom is 0.138 e. The molecule has 0 saturated heterocycles. The van der Waals surface area contributed by atoms with Crippen LogP contribution in [0, 0.1) is 18.3 Å². The lowest BCUT2D eigenvalue weighted by Crippen LogP contribution is -2.17. The summed E-state index contributed by atoms with van der Waals surface area (Å²) >= 11 is 6.20. The zero-order valence-electron chi connectivity index (χ0n) is 12.5. The Labute approximate surface area is 129 Å². The zero-order valence-corrected chi connectivity index (χ0v) is 13.3. The summed E-state index contributed by atoms with van der Waals surface area (Å²) in [6.07, 6.45) is 0. The van der Waals surface area contributed by atoms with Crippen LogP contribution in [-0.2, 0) is 5.41 Å². The predicted octanol–water partition coefficient (Wildman–Crippen LogP) is 4.35. The minimum Gasteiger partial charge on any atom is -0.340 e. The lowest BCUT2D eigenvalue weighted by atomic mass is 9.95. The molecule has 1 aromatic carbocycles. The highest BCUT2D eigenvalue weighted by Gasteiger charge is 2.20. The Kier molecular flexibility index (Phi) is 4.15. The second kappa shape index (κ2) is 5.71. The number of anilines is 2. The highest BCUT2D eigenvalue weighted by Crippen LogP contribution is 2.28. The van der Waals surface area contributed by atoms with Crippen molar-refractivity contribution in [2.45, 2.75) is 33.1 Å². The molecule has 2 aromatic rings. The number of nitrogens with zero attached hydrogens (tertiary/aromatic N) is 3. The standard InChI is InChI=1S/C16H17ClN4/c1-10-13(17)20-15(16(2,3)4)21-14(10)19-12-7-5-11(9-18)6-8-12/h5-8H,1-4H3,(H,19,20,21). The first-order valence-electron chi connectivity index (χ1n) is 6.63. The Morgan fingerprint density at radius 1 is 1.14 bits per heavy atom. The Bertz CT molecular complexity index is 694. The summed E-state index contributed by atoms with van der Waals surface area (Å²) in [5, 5.41) is 12.5. The summed E-state index contributed by atoms with van der Waals surface area (Å²) in [4.78, 5) is 8.92. The van der Waals surface area contributed by atoms with Crippen molar-refractivity contribution < 1.29 is 0 Å². The van der Waals surface area contributed by atoms with Crippen LogP contribution in [0.1, 0.15) is 37.7 Å². The van der Waals surface area contributed by atoms with Gasteiger partial charge in [0.25, 0.3) is 0 Å². The van der Waals surface area contributed by atoms with Gasteiger partial charge in [0, 0.05) is 16.7 Å². The highest BCUT2D eigenvalue weighted by molar-refractivity contribution is 6.30. The number of aromatic nitrogens is 2. The van der Waals surface area contributed by atoms with E-state index in [9.17, 15) is 0 Å². The van der Waals surface area contributed by atoms with E-state index in [1.165, 1.54) is 0 Å². The van der Waals surface area contributed by atoms with E-state index < -0.39 is 0 Å². The molecule has 0 radical (unpaired) electrons. The van der Waals surface area contributed by atoms with Gasteiger partial charge in [0.1, 0.15) is 16.8 Å². The molecule has 1 N–H and O–H groups in total. The molecule has 0 atom stereocenters. The van der Waals surface area contributed by atoms with Crippen molar-refractivity contribution in [1.29, 1.82) is 5.26 Å². The van der Waals surface area contributed by atoms with E-state index in [-0.39, 0.29) is 5.41 Å². The summed E-state index contributed by atoms with van der Waals surface area (Å²) in [6.45, 7) is 8.00. The Balaban J connectivity index is 2.39. The SMILES string of the molecule is Cc1c(Cl)nc(C(C)(C)C)nc1Nc1ccc(C#N)cc1. The molecule has 0 aliphatic carbocycles. The second-order valence-electron chi connectivity index (χ2n) is 5.88. The van der Waals surface area contributed by atoms with Crippen molar-refractivity contribution in [3.8, 4) is 6.07 Å². The van der Waals surface area contributed by atoms with Crippen molar-refractivity contribution >= 4 is 23.1 Å². The van der Waals surface area contributed by atoms with Crippen LogP contribution in [0.5, 0.6) is 0 Å². The van der Waals surface area contributed by atoms with Gasteiger partial charge in [-0.15, -0.1) is 0 Å². The maximum absolute atomic E-state index is 8.82. The van der Waals surface area contributed by atoms with E-state index >= 15 is 0 Å². The van der Waals surface area contributed by atoms with Gasteiger partial charge in [-0.3, -0.25) is 0 Å². The molecule has 2 rings (SSSR count). The topological polar surface area (TPSA) is 61.6 Å². The van der Waals surface area contributed by atoms with Gasteiger partial charge < -0.3 is 5.32 Å². The molecule has 4 nitrogen and oxygen atoms in total. The Morgan fingerprint density at radius 3 is 2.29 bits per heavy atom. The van der Waals surface area contributed by atoms with Gasteiger partial charge in [0.2, 0.25) is 0 Å². The van der Waals surface area contributed by atoms with Gasteiger partial charge in [0.15, 0.2) is 0 Å². The third-order valence-electron chi connectivity index (χ3n) is 3.03. The van der Waals surface area contributed by atoms with Crippen LogP contribution in [0.15, 0.2) is 24.3 Å². The first-order chi connectivity index (χ1) is 9.81. The molecule has 0 saturated carbocycles. The number of hydrogen-bond acceptors (Lipinski definition) is 4. The lowest BCUT2D eigenvalue weighted by molar-refractivity contribution is 0.545. The number of nitriles is 1. The average molecular weight is 301 g/mol. The molecule has 21 heavy (non-hydrogen) atoms. The summed E-state index contributed by atoms with van der Waals surface area (Å²) < 4.78 is 0. The van der Waals surface area contributed by atoms with Crippen molar-refractivity contribution in [3.63, 3.8) is 0 Å². The van der Waals surface area contributed by atoms with Crippen LogP contribution in [-0.4, -0.2) is 9.97 Å². The molecule has 5 heteroatoms. The van der Waals surface area contributed by atoms with E-state index in [0.717, 1.165) is 11.3 Å².